The van der Waals surface area contributed by atoms with Gasteiger partial charge in [-0.3, -0.25) is 0 Å². The van der Waals surface area contributed by atoms with Crippen molar-refractivity contribution in [3.05, 3.63) is 59.4 Å². The number of nitrogens with one attached hydrogen (secondary N) is 1. The van der Waals surface area contributed by atoms with Gasteiger partial charge in [0.1, 0.15) is 5.82 Å². The monoisotopic (exact) mass is 268 g/mol. The third-order valence-corrected chi connectivity index (χ3v) is 3.12. The number of hydrogen-bond donors (Lipinski definition) is 1. The van der Waals surface area contributed by atoms with Gasteiger partial charge >= 0.3 is 0 Å². The average Bonchev–Trinajstić information content (AvgIpc) is 2.49. The summed E-state index contributed by atoms with van der Waals surface area (Å²) in [5, 5.41) is 12.3. The fraction of sp³-hybridized carbons (Fsp3) is 0.235. The zero-order valence-electron chi connectivity index (χ0n) is 11.5. The molecule has 0 unspecified atom stereocenters. The van der Waals surface area contributed by atoms with Crippen molar-refractivity contribution in [3.63, 3.8) is 0 Å². The predicted molar refractivity (Wildman–Crippen MR) is 78.5 cm³/mol. The molecular weight excluding hydrogens is 251 g/mol. The molecule has 1 N–H and O–H groups in total. The molecule has 0 aliphatic carbocycles. The normalized spacial score (nSPS) is 10.2. The molecule has 0 heterocycles. The van der Waals surface area contributed by atoms with E-state index in [1.165, 1.54) is 12.1 Å². The van der Waals surface area contributed by atoms with Gasteiger partial charge in [0.2, 0.25) is 0 Å². The first-order valence-electron chi connectivity index (χ1n) is 6.74. The molecule has 0 bridgehead atoms. The second-order valence-corrected chi connectivity index (χ2v) is 4.67. The minimum absolute atomic E-state index is 0.262. The maximum Gasteiger partial charge on any atom is 0.123 e. The number of rotatable bonds is 5. The van der Waals surface area contributed by atoms with Crippen molar-refractivity contribution in [1.82, 2.24) is 5.32 Å². The van der Waals surface area contributed by atoms with Crippen molar-refractivity contribution in [2.45, 2.75) is 19.9 Å². The molecule has 3 heteroatoms. The van der Waals surface area contributed by atoms with E-state index < -0.39 is 0 Å². The largest absolute Gasteiger partial charge is 0.313 e. The van der Waals surface area contributed by atoms with Gasteiger partial charge in [0.25, 0.3) is 0 Å². The summed E-state index contributed by atoms with van der Waals surface area (Å²) in [6.07, 6.45) is 1.06. The zero-order valence-corrected chi connectivity index (χ0v) is 11.5. The van der Waals surface area contributed by atoms with Crippen LogP contribution in [0.3, 0.4) is 0 Å². The first kappa shape index (κ1) is 14.2. The lowest BCUT2D eigenvalue weighted by molar-refractivity contribution is 0.625. The van der Waals surface area contributed by atoms with E-state index in [4.69, 9.17) is 5.26 Å². The summed E-state index contributed by atoms with van der Waals surface area (Å²) in [6, 6.07) is 14.2. The second-order valence-electron chi connectivity index (χ2n) is 4.67. The fourth-order valence-electron chi connectivity index (χ4n) is 2.13. The Labute approximate surface area is 118 Å². The summed E-state index contributed by atoms with van der Waals surface area (Å²) < 4.78 is 13.5. The van der Waals surface area contributed by atoms with E-state index in [2.05, 4.69) is 18.3 Å². The summed E-state index contributed by atoms with van der Waals surface area (Å²) in [5.74, 6) is -0.262. The van der Waals surface area contributed by atoms with Gasteiger partial charge in [0.05, 0.1) is 11.6 Å². The van der Waals surface area contributed by atoms with Crippen LogP contribution in [-0.2, 0) is 6.54 Å². The van der Waals surface area contributed by atoms with Gasteiger partial charge in [0, 0.05) is 6.54 Å². The average molecular weight is 268 g/mol. The van der Waals surface area contributed by atoms with E-state index >= 15 is 0 Å². The molecule has 0 aromatic heterocycles. The Bertz CT molecular complexity index is 629. The van der Waals surface area contributed by atoms with Crippen LogP contribution in [0.4, 0.5) is 4.39 Å². The number of nitriles is 1. The van der Waals surface area contributed by atoms with E-state index in [-0.39, 0.29) is 5.82 Å². The molecule has 0 aliphatic rings. The zero-order chi connectivity index (χ0) is 14.4. The van der Waals surface area contributed by atoms with Crippen molar-refractivity contribution in [2.75, 3.05) is 6.54 Å². The minimum atomic E-state index is -0.262. The van der Waals surface area contributed by atoms with Crippen LogP contribution in [0.5, 0.6) is 0 Å². The lowest BCUT2D eigenvalue weighted by Gasteiger charge is -2.11. The van der Waals surface area contributed by atoms with Crippen LogP contribution in [0.2, 0.25) is 0 Å². The second kappa shape index (κ2) is 6.83. The Kier molecular flexibility index (Phi) is 4.86. The smallest absolute Gasteiger partial charge is 0.123 e. The van der Waals surface area contributed by atoms with Crippen molar-refractivity contribution in [3.8, 4) is 17.2 Å². The molecule has 0 spiro atoms. The molecule has 102 valence electrons. The molecule has 0 radical (unpaired) electrons. The van der Waals surface area contributed by atoms with Crippen molar-refractivity contribution in [1.29, 1.82) is 5.26 Å². The predicted octanol–water partition coefficient (Wildman–Crippen LogP) is 3.86. The first-order chi connectivity index (χ1) is 9.74. The summed E-state index contributed by atoms with van der Waals surface area (Å²) in [4.78, 5) is 0. The Balaban J connectivity index is 2.37. The standard InChI is InChI=1S/C17H17FN2/c1-2-8-20-12-15-6-7-16(18)10-17(15)14-5-3-4-13(9-14)11-19/h3-7,9-10,20H,2,8,12H2,1H3. The van der Waals surface area contributed by atoms with Crippen LogP contribution in [0.25, 0.3) is 11.1 Å². The van der Waals surface area contributed by atoms with Crippen LogP contribution < -0.4 is 5.32 Å². The molecule has 0 saturated heterocycles. The molecule has 20 heavy (non-hydrogen) atoms. The molecule has 2 aromatic rings. The number of nitrogens with zero attached hydrogens (tertiary/aromatic N) is 1. The third kappa shape index (κ3) is 3.43. The first-order valence-corrected chi connectivity index (χ1v) is 6.74. The fourth-order valence-corrected chi connectivity index (χ4v) is 2.13. The number of hydrogen-bond acceptors (Lipinski definition) is 2. The molecule has 0 aliphatic heterocycles. The van der Waals surface area contributed by atoms with Crippen LogP contribution in [0.1, 0.15) is 24.5 Å². The summed E-state index contributed by atoms with van der Waals surface area (Å²) >= 11 is 0. The highest BCUT2D eigenvalue weighted by molar-refractivity contribution is 5.68. The van der Waals surface area contributed by atoms with Gasteiger partial charge in [0.15, 0.2) is 0 Å². The lowest BCUT2D eigenvalue weighted by atomic mass is 9.98. The van der Waals surface area contributed by atoms with Crippen molar-refractivity contribution >= 4 is 0 Å². The van der Waals surface area contributed by atoms with E-state index in [0.717, 1.165) is 29.7 Å². The quantitative estimate of drug-likeness (QED) is 0.836. The van der Waals surface area contributed by atoms with E-state index in [1.807, 2.05) is 12.1 Å². The van der Waals surface area contributed by atoms with Crippen LogP contribution >= 0.6 is 0 Å². The Morgan fingerprint density at radius 1 is 1.20 bits per heavy atom. The van der Waals surface area contributed by atoms with Crippen molar-refractivity contribution < 1.29 is 4.39 Å². The van der Waals surface area contributed by atoms with Gasteiger partial charge < -0.3 is 5.32 Å². The Hall–Kier alpha value is -2.18. The Morgan fingerprint density at radius 2 is 2.05 bits per heavy atom. The van der Waals surface area contributed by atoms with Crippen LogP contribution in [0.15, 0.2) is 42.5 Å². The van der Waals surface area contributed by atoms with Gasteiger partial charge in [-0.15, -0.1) is 0 Å². The van der Waals surface area contributed by atoms with Crippen molar-refractivity contribution in [2.24, 2.45) is 0 Å². The molecule has 2 aromatic carbocycles. The van der Waals surface area contributed by atoms with E-state index in [0.29, 0.717) is 12.1 Å². The number of halogens is 1. The van der Waals surface area contributed by atoms with E-state index in [9.17, 15) is 4.39 Å². The summed E-state index contributed by atoms with van der Waals surface area (Å²) in [5.41, 5.74) is 3.33. The summed E-state index contributed by atoms with van der Waals surface area (Å²) in [6.45, 7) is 3.73. The van der Waals surface area contributed by atoms with Crippen LogP contribution in [0, 0.1) is 17.1 Å². The molecule has 2 rings (SSSR count). The molecular formula is C17H17FN2. The maximum absolute atomic E-state index is 13.5. The highest BCUT2D eigenvalue weighted by Crippen LogP contribution is 2.25. The lowest BCUT2D eigenvalue weighted by Crippen LogP contribution is -2.14. The van der Waals surface area contributed by atoms with Gasteiger partial charge in [-0.1, -0.05) is 25.1 Å². The molecule has 2 nitrogen and oxygen atoms in total. The molecule has 0 amide bonds. The SMILES string of the molecule is CCCNCc1ccc(F)cc1-c1cccc(C#N)c1. The highest BCUT2D eigenvalue weighted by Gasteiger charge is 2.07. The van der Waals surface area contributed by atoms with E-state index in [1.54, 1.807) is 18.2 Å². The minimum Gasteiger partial charge on any atom is -0.313 e. The number of benzene rings is 2. The molecule has 0 fully saturated rings. The van der Waals surface area contributed by atoms with Crippen LogP contribution in [-0.4, -0.2) is 6.54 Å². The van der Waals surface area contributed by atoms with Gasteiger partial charge in [-0.05, 0) is 53.9 Å². The summed E-state index contributed by atoms with van der Waals surface area (Å²) in [7, 11) is 0. The topological polar surface area (TPSA) is 35.8 Å². The molecule has 0 atom stereocenters. The Morgan fingerprint density at radius 3 is 2.80 bits per heavy atom. The van der Waals surface area contributed by atoms with Gasteiger partial charge in [-0.25, -0.2) is 4.39 Å². The highest BCUT2D eigenvalue weighted by atomic mass is 19.1. The molecule has 0 saturated carbocycles. The third-order valence-electron chi connectivity index (χ3n) is 3.12. The van der Waals surface area contributed by atoms with Gasteiger partial charge in [-0.2, -0.15) is 5.26 Å². The maximum atomic E-state index is 13.5.